The molecule has 1 N–H and O–H groups in total. The second kappa shape index (κ2) is 3.83. The largest absolute Gasteiger partial charge is 0.314 e. The van der Waals surface area contributed by atoms with E-state index >= 15 is 0 Å². The fraction of sp³-hybridized carbons (Fsp3) is 0.625. The van der Waals surface area contributed by atoms with E-state index in [0.29, 0.717) is 0 Å². The van der Waals surface area contributed by atoms with Gasteiger partial charge in [-0.2, -0.15) is 5.10 Å². The number of alkyl halides is 2. The summed E-state index contributed by atoms with van der Waals surface area (Å²) < 4.78 is 27.2. The Bertz CT molecular complexity index is 270. The third-order valence-electron chi connectivity index (χ3n) is 1.59. The van der Waals surface area contributed by atoms with Gasteiger partial charge in [0.25, 0.3) is 5.92 Å². The first-order chi connectivity index (χ1) is 6.03. The first-order valence-electron chi connectivity index (χ1n) is 4.05. The van der Waals surface area contributed by atoms with Gasteiger partial charge in [0.15, 0.2) is 0 Å². The summed E-state index contributed by atoms with van der Waals surface area (Å²) in [4.78, 5) is 0. The predicted molar refractivity (Wildman–Crippen MR) is 45.8 cm³/mol. The maximum Gasteiger partial charge on any atom is 0.279 e. The van der Waals surface area contributed by atoms with Gasteiger partial charge in [0.1, 0.15) is 6.54 Å². The molecule has 0 aliphatic heterocycles. The van der Waals surface area contributed by atoms with Crippen LogP contribution in [0.3, 0.4) is 0 Å². The standard InChI is InChI=1S/C8H13F2N3/c1-7-3-12-13(4-7)6-8(9,10)5-11-2/h3-4,11H,5-6H2,1-2H3. The minimum Gasteiger partial charge on any atom is -0.314 e. The van der Waals surface area contributed by atoms with E-state index in [9.17, 15) is 8.78 Å². The average Bonchev–Trinajstić information content (AvgIpc) is 2.34. The number of hydrogen-bond donors (Lipinski definition) is 1. The van der Waals surface area contributed by atoms with Crippen molar-refractivity contribution in [2.24, 2.45) is 0 Å². The Morgan fingerprint density at radius 3 is 2.77 bits per heavy atom. The lowest BCUT2D eigenvalue weighted by Crippen LogP contribution is -2.34. The van der Waals surface area contributed by atoms with E-state index in [2.05, 4.69) is 10.4 Å². The lowest BCUT2D eigenvalue weighted by atomic mass is 10.3. The van der Waals surface area contributed by atoms with Crippen molar-refractivity contribution in [1.29, 1.82) is 0 Å². The summed E-state index contributed by atoms with van der Waals surface area (Å²) in [6.45, 7) is 1.12. The van der Waals surface area contributed by atoms with Crippen molar-refractivity contribution in [3.8, 4) is 0 Å². The minimum absolute atomic E-state index is 0.327. The molecule has 1 rings (SSSR count). The highest BCUT2D eigenvalue weighted by atomic mass is 19.3. The van der Waals surface area contributed by atoms with Crippen LogP contribution in [-0.4, -0.2) is 29.3 Å². The summed E-state index contributed by atoms with van der Waals surface area (Å²) in [7, 11) is 1.50. The molecule has 0 aromatic carbocycles. The maximum absolute atomic E-state index is 13.0. The van der Waals surface area contributed by atoms with Gasteiger partial charge in [0.05, 0.1) is 12.7 Å². The molecule has 0 aliphatic carbocycles. The Balaban J connectivity index is 2.57. The van der Waals surface area contributed by atoms with Crippen LogP contribution in [0.15, 0.2) is 12.4 Å². The van der Waals surface area contributed by atoms with E-state index in [1.54, 1.807) is 12.4 Å². The van der Waals surface area contributed by atoms with Gasteiger partial charge < -0.3 is 5.32 Å². The summed E-state index contributed by atoms with van der Waals surface area (Å²) >= 11 is 0. The fourth-order valence-corrected chi connectivity index (χ4v) is 1.10. The topological polar surface area (TPSA) is 29.9 Å². The van der Waals surface area contributed by atoms with Crippen LogP contribution in [0.5, 0.6) is 0 Å². The van der Waals surface area contributed by atoms with Crippen LogP contribution in [0.2, 0.25) is 0 Å². The van der Waals surface area contributed by atoms with Gasteiger partial charge in [-0.25, -0.2) is 8.78 Å². The van der Waals surface area contributed by atoms with E-state index in [4.69, 9.17) is 0 Å². The highest BCUT2D eigenvalue weighted by Crippen LogP contribution is 2.14. The van der Waals surface area contributed by atoms with Crippen LogP contribution in [-0.2, 0) is 6.54 Å². The zero-order valence-corrected chi connectivity index (χ0v) is 7.72. The molecule has 3 nitrogen and oxygen atoms in total. The lowest BCUT2D eigenvalue weighted by Gasteiger charge is -2.15. The molecule has 0 spiro atoms. The van der Waals surface area contributed by atoms with Crippen LogP contribution in [0.25, 0.3) is 0 Å². The molecule has 0 radical (unpaired) electrons. The van der Waals surface area contributed by atoms with Crippen LogP contribution in [0.4, 0.5) is 8.78 Å². The number of aromatic nitrogens is 2. The highest BCUT2D eigenvalue weighted by Gasteiger charge is 2.28. The number of aryl methyl sites for hydroxylation is 1. The number of nitrogens with one attached hydrogen (secondary N) is 1. The molecule has 74 valence electrons. The predicted octanol–water partition coefficient (Wildman–Crippen LogP) is 1.05. The molecule has 0 unspecified atom stereocenters. The van der Waals surface area contributed by atoms with Crippen molar-refractivity contribution in [3.05, 3.63) is 18.0 Å². The smallest absolute Gasteiger partial charge is 0.279 e. The Hall–Kier alpha value is -0.970. The van der Waals surface area contributed by atoms with Crippen molar-refractivity contribution >= 4 is 0 Å². The number of rotatable bonds is 4. The molecule has 0 saturated carbocycles. The maximum atomic E-state index is 13.0. The highest BCUT2D eigenvalue weighted by molar-refractivity contribution is 4.99. The van der Waals surface area contributed by atoms with Crippen molar-refractivity contribution in [2.45, 2.75) is 19.4 Å². The molecule has 1 heterocycles. The van der Waals surface area contributed by atoms with Crippen LogP contribution < -0.4 is 5.32 Å². The molecule has 0 aliphatic rings. The molecule has 5 heteroatoms. The molecule has 0 saturated heterocycles. The molecule has 0 bridgehead atoms. The van der Waals surface area contributed by atoms with Gasteiger partial charge in [-0.3, -0.25) is 4.68 Å². The van der Waals surface area contributed by atoms with Gasteiger partial charge in [-0.1, -0.05) is 0 Å². The van der Waals surface area contributed by atoms with Gasteiger partial charge in [0, 0.05) is 6.20 Å². The third-order valence-corrected chi connectivity index (χ3v) is 1.59. The molecular formula is C8H13F2N3. The summed E-state index contributed by atoms with van der Waals surface area (Å²) in [6.07, 6.45) is 3.17. The van der Waals surface area contributed by atoms with Crippen LogP contribution in [0, 0.1) is 6.92 Å². The molecule has 1 aromatic heterocycles. The Morgan fingerprint density at radius 2 is 2.31 bits per heavy atom. The van der Waals surface area contributed by atoms with E-state index in [1.165, 1.54) is 11.7 Å². The molecular weight excluding hydrogens is 176 g/mol. The van der Waals surface area contributed by atoms with E-state index in [1.807, 2.05) is 6.92 Å². The first kappa shape index (κ1) is 10.1. The Kier molecular flexibility index (Phi) is 2.98. The zero-order valence-electron chi connectivity index (χ0n) is 7.72. The second-order valence-electron chi connectivity index (χ2n) is 3.10. The summed E-state index contributed by atoms with van der Waals surface area (Å²) in [6, 6.07) is 0. The summed E-state index contributed by atoms with van der Waals surface area (Å²) in [5, 5.41) is 6.24. The zero-order chi connectivity index (χ0) is 9.90. The summed E-state index contributed by atoms with van der Waals surface area (Å²) in [5.74, 6) is -2.74. The Morgan fingerprint density at radius 1 is 1.62 bits per heavy atom. The Labute approximate surface area is 75.7 Å². The van der Waals surface area contributed by atoms with Crippen molar-refractivity contribution in [1.82, 2.24) is 15.1 Å². The number of hydrogen-bond acceptors (Lipinski definition) is 2. The van der Waals surface area contributed by atoms with Crippen LogP contribution in [0.1, 0.15) is 5.56 Å². The molecule has 0 atom stereocenters. The van der Waals surface area contributed by atoms with Gasteiger partial charge in [0.2, 0.25) is 0 Å². The number of halogens is 2. The van der Waals surface area contributed by atoms with Crippen molar-refractivity contribution < 1.29 is 8.78 Å². The monoisotopic (exact) mass is 189 g/mol. The summed E-state index contributed by atoms with van der Waals surface area (Å²) in [5.41, 5.74) is 0.889. The third kappa shape index (κ3) is 3.10. The SMILES string of the molecule is CNCC(F)(F)Cn1cc(C)cn1. The molecule has 13 heavy (non-hydrogen) atoms. The van der Waals surface area contributed by atoms with Crippen molar-refractivity contribution in [3.63, 3.8) is 0 Å². The quantitative estimate of drug-likeness (QED) is 0.767. The fourth-order valence-electron chi connectivity index (χ4n) is 1.10. The van der Waals surface area contributed by atoms with Crippen molar-refractivity contribution in [2.75, 3.05) is 13.6 Å². The van der Waals surface area contributed by atoms with Gasteiger partial charge in [-0.05, 0) is 19.5 Å². The van der Waals surface area contributed by atoms with Crippen LogP contribution >= 0.6 is 0 Å². The molecule has 0 amide bonds. The molecule has 1 aromatic rings. The average molecular weight is 189 g/mol. The normalized spacial score (nSPS) is 12.0. The minimum atomic E-state index is -2.74. The van der Waals surface area contributed by atoms with E-state index < -0.39 is 5.92 Å². The number of nitrogens with zero attached hydrogens (tertiary/aromatic N) is 2. The van der Waals surface area contributed by atoms with E-state index in [0.717, 1.165) is 5.56 Å². The lowest BCUT2D eigenvalue weighted by molar-refractivity contribution is -0.0162. The molecule has 0 fully saturated rings. The van der Waals surface area contributed by atoms with Gasteiger partial charge in [-0.15, -0.1) is 0 Å². The van der Waals surface area contributed by atoms with Gasteiger partial charge >= 0.3 is 0 Å². The van der Waals surface area contributed by atoms with E-state index in [-0.39, 0.29) is 13.1 Å². The second-order valence-corrected chi connectivity index (χ2v) is 3.10. The first-order valence-corrected chi connectivity index (χ1v) is 4.05.